The number of carbonyl (C=O) groups excluding carboxylic acids is 1. The van der Waals surface area contributed by atoms with Crippen molar-refractivity contribution in [2.75, 3.05) is 0 Å². The zero-order valence-electron chi connectivity index (χ0n) is 9.40. The minimum atomic E-state index is -0.241. The van der Waals surface area contributed by atoms with E-state index in [0.29, 0.717) is 17.8 Å². The smallest absolute Gasteiger partial charge is 0.310 e. The Hall–Kier alpha value is -0.790. The van der Waals surface area contributed by atoms with E-state index in [1.54, 1.807) is 0 Å². The molecule has 0 aromatic heterocycles. The summed E-state index contributed by atoms with van der Waals surface area (Å²) in [6, 6.07) is 0. The monoisotopic (exact) mass is 206 g/mol. The van der Waals surface area contributed by atoms with E-state index in [2.05, 4.69) is 26.0 Å². The van der Waals surface area contributed by atoms with Crippen LogP contribution in [0.4, 0.5) is 0 Å². The van der Waals surface area contributed by atoms with E-state index in [0.717, 1.165) is 6.42 Å². The highest BCUT2D eigenvalue weighted by Crippen LogP contribution is 2.51. The molecular formula is C13H18O2. The number of fused-ring (bicyclic) bond motifs is 1. The maximum absolute atomic E-state index is 11.9. The van der Waals surface area contributed by atoms with Gasteiger partial charge in [0.05, 0.1) is 5.92 Å². The van der Waals surface area contributed by atoms with E-state index < -0.39 is 0 Å². The number of carbonyl (C=O) groups is 1. The number of rotatable bonds is 0. The van der Waals surface area contributed by atoms with Crippen molar-refractivity contribution in [3.05, 3.63) is 12.2 Å². The molecule has 0 spiro atoms. The minimum Gasteiger partial charge on any atom is -0.459 e. The van der Waals surface area contributed by atoms with Gasteiger partial charge >= 0.3 is 5.97 Å². The molecule has 1 aliphatic heterocycles. The molecule has 4 unspecified atom stereocenters. The van der Waals surface area contributed by atoms with Gasteiger partial charge in [-0.2, -0.15) is 0 Å². The van der Waals surface area contributed by atoms with Crippen LogP contribution in [0.5, 0.6) is 0 Å². The Morgan fingerprint density at radius 2 is 2.13 bits per heavy atom. The lowest BCUT2D eigenvalue weighted by Crippen LogP contribution is -2.31. The average molecular weight is 206 g/mol. The Kier molecular flexibility index (Phi) is 1.80. The molecule has 2 heteroatoms. The molecule has 4 rings (SSSR count). The van der Waals surface area contributed by atoms with Crippen LogP contribution in [-0.2, 0) is 9.53 Å². The summed E-state index contributed by atoms with van der Waals surface area (Å²) in [5, 5.41) is 0. The second-order valence-corrected chi connectivity index (χ2v) is 5.78. The fourth-order valence-electron chi connectivity index (χ4n) is 3.62. The predicted octanol–water partition coefficient (Wildman–Crippen LogP) is 2.54. The van der Waals surface area contributed by atoms with Gasteiger partial charge in [0.2, 0.25) is 0 Å². The number of hydrogen-bond donors (Lipinski definition) is 0. The van der Waals surface area contributed by atoms with Crippen molar-refractivity contribution in [3.8, 4) is 0 Å². The third-order valence-corrected chi connectivity index (χ3v) is 4.48. The van der Waals surface area contributed by atoms with Crippen LogP contribution in [0, 0.1) is 23.7 Å². The molecule has 0 amide bonds. The van der Waals surface area contributed by atoms with Gasteiger partial charge in [-0.15, -0.1) is 0 Å². The van der Waals surface area contributed by atoms with Crippen LogP contribution in [0.25, 0.3) is 0 Å². The van der Waals surface area contributed by atoms with Crippen LogP contribution in [0.15, 0.2) is 12.2 Å². The van der Waals surface area contributed by atoms with Crippen LogP contribution in [0.3, 0.4) is 0 Å². The summed E-state index contributed by atoms with van der Waals surface area (Å²) in [7, 11) is 0. The molecule has 0 aromatic carbocycles. The first-order valence-electron chi connectivity index (χ1n) is 5.99. The first kappa shape index (κ1) is 9.44. The lowest BCUT2D eigenvalue weighted by atomic mass is 9.76. The van der Waals surface area contributed by atoms with Crippen LogP contribution in [0.1, 0.15) is 33.1 Å². The van der Waals surface area contributed by atoms with Crippen LogP contribution in [-0.4, -0.2) is 11.6 Å². The zero-order chi connectivity index (χ0) is 10.6. The topological polar surface area (TPSA) is 26.3 Å². The minimum absolute atomic E-state index is 0.0437. The fourth-order valence-corrected chi connectivity index (χ4v) is 3.62. The zero-order valence-corrected chi connectivity index (χ0v) is 9.40. The van der Waals surface area contributed by atoms with Gasteiger partial charge in [-0.3, -0.25) is 4.79 Å². The van der Waals surface area contributed by atoms with E-state index in [-0.39, 0.29) is 17.5 Å². The molecule has 2 nitrogen and oxygen atoms in total. The third kappa shape index (κ3) is 1.27. The average Bonchev–Trinajstić information content (AvgIpc) is 2.39. The molecule has 0 N–H and O–H groups in total. The van der Waals surface area contributed by atoms with E-state index in [1.165, 1.54) is 12.8 Å². The molecule has 4 atom stereocenters. The molecule has 0 radical (unpaired) electrons. The van der Waals surface area contributed by atoms with Gasteiger partial charge in [0.1, 0.15) is 5.60 Å². The van der Waals surface area contributed by atoms with Gasteiger partial charge in [0.25, 0.3) is 0 Å². The lowest BCUT2D eigenvalue weighted by molar-refractivity contribution is -0.149. The Bertz CT molecular complexity index is 329. The van der Waals surface area contributed by atoms with Crippen LogP contribution in [0.2, 0.25) is 0 Å². The molecular weight excluding hydrogens is 188 g/mol. The van der Waals surface area contributed by atoms with Crippen molar-refractivity contribution in [1.29, 1.82) is 0 Å². The van der Waals surface area contributed by atoms with E-state index in [1.807, 2.05) is 0 Å². The summed E-state index contributed by atoms with van der Waals surface area (Å²) in [6.07, 6.45) is 8.17. The number of esters is 1. The van der Waals surface area contributed by atoms with Gasteiger partial charge in [-0.25, -0.2) is 0 Å². The summed E-state index contributed by atoms with van der Waals surface area (Å²) in [4.78, 5) is 11.9. The van der Waals surface area contributed by atoms with E-state index in [9.17, 15) is 4.79 Å². The Labute approximate surface area is 90.7 Å². The van der Waals surface area contributed by atoms with Crippen molar-refractivity contribution in [1.82, 2.24) is 0 Å². The standard InChI is InChI=1S/C13H18O2/c1-13(2)10-7-8-3-5-9(6-4-8)11(10)12(14)15-13/h3,5,8-11H,4,6-7H2,1-2H3. The molecule has 2 fully saturated rings. The van der Waals surface area contributed by atoms with E-state index >= 15 is 0 Å². The number of ether oxygens (including phenoxy) is 1. The highest BCUT2D eigenvalue weighted by atomic mass is 16.6. The molecule has 82 valence electrons. The van der Waals surface area contributed by atoms with Crippen molar-refractivity contribution in [2.45, 2.75) is 38.7 Å². The van der Waals surface area contributed by atoms with Gasteiger partial charge < -0.3 is 4.74 Å². The first-order chi connectivity index (χ1) is 7.08. The summed E-state index contributed by atoms with van der Waals surface area (Å²) < 4.78 is 5.53. The van der Waals surface area contributed by atoms with Crippen LogP contribution >= 0.6 is 0 Å². The third-order valence-electron chi connectivity index (χ3n) is 4.48. The first-order valence-corrected chi connectivity index (χ1v) is 5.99. The molecule has 1 saturated carbocycles. The molecule has 4 aliphatic rings. The predicted molar refractivity (Wildman–Crippen MR) is 57.1 cm³/mol. The fraction of sp³-hybridized carbons (Fsp3) is 0.769. The van der Waals surface area contributed by atoms with Crippen molar-refractivity contribution >= 4 is 5.97 Å². The van der Waals surface area contributed by atoms with Gasteiger partial charge in [0.15, 0.2) is 0 Å². The van der Waals surface area contributed by atoms with Crippen molar-refractivity contribution in [2.24, 2.45) is 23.7 Å². The summed E-state index contributed by atoms with van der Waals surface area (Å²) in [5.74, 6) is 1.75. The summed E-state index contributed by atoms with van der Waals surface area (Å²) in [6.45, 7) is 4.14. The molecule has 0 aromatic rings. The van der Waals surface area contributed by atoms with Gasteiger partial charge in [0, 0.05) is 5.92 Å². The van der Waals surface area contributed by atoms with Crippen molar-refractivity contribution < 1.29 is 9.53 Å². The second-order valence-electron chi connectivity index (χ2n) is 5.78. The molecule has 3 aliphatic carbocycles. The second kappa shape index (κ2) is 2.87. The number of hydrogen-bond acceptors (Lipinski definition) is 2. The van der Waals surface area contributed by atoms with Crippen molar-refractivity contribution in [3.63, 3.8) is 0 Å². The van der Waals surface area contributed by atoms with Gasteiger partial charge in [-0.1, -0.05) is 12.2 Å². The Morgan fingerprint density at radius 3 is 2.80 bits per heavy atom. The summed E-state index contributed by atoms with van der Waals surface area (Å²) in [5.41, 5.74) is -0.241. The molecule has 1 saturated heterocycles. The normalized spacial score (nSPS) is 46.1. The SMILES string of the molecule is CC1(C)OC(=O)C2C3C=CC(CC3)CC21. The quantitative estimate of drug-likeness (QED) is 0.449. The highest BCUT2D eigenvalue weighted by Gasteiger charge is 2.54. The molecule has 2 bridgehead atoms. The Balaban J connectivity index is 2.01. The molecule has 1 heterocycles. The number of allylic oxidation sites excluding steroid dienone is 2. The maximum atomic E-state index is 11.9. The molecule has 15 heavy (non-hydrogen) atoms. The largest absolute Gasteiger partial charge is 0.459 e. The number of cyclic esters (lactones) is 1. The van der Waals surface area contributed by atoms with E-state index in [4.69, 9.17) is 4.74 Å². The Morgan fingerprint density at radius 1 is 1.33 bits per heavy atom. The summed E-state index contributed by atoms with van der Waals surface area (Å²) >= 11 is 0. The maximum Gasteiger partial charge on any atom is 0.310 e. The van der Waals surface area contributed by atoms with Crippen LogP contribution < -0.4 is 0 Å². The lowest BCUT2D eigenvalue weighted by Gasteiger charge is -2.27. The highest BCUT2D eigenvalue weighted by molar-refractivity contribution is 5.76. The van der Waals surface area contributed by atoms with Gasteiger partial charge in [-0.05, 0) is 44.9 Å².